The number of H-pyrrole nitrogens is 1. The van der Waals surface area contributed by atoms with Gasteiger partial charge in [0, 0.05) is 32.0 Å². The summed E-state index contributed by atoms with van der Waals surface area (Å²) in [5.74, 6) is 0.782. The molecule has 0 aliphatic carbocycles. The van der Waals surface area contributed by atoms with Crippen LogP contribution in [0.25, 0.3) is 22.6 Å². The van der Waals surface area contributed by atoms with Crippen molar-refractivity contribution in [2.75, 3.05) is 0 Å². The highest BCUT2D eigenvalue weighted by molar-refractivity contribution is 5.78. The Hall–Kier alpha value is -3.90. The van der Waals surface area contributed by atoms with Crippen LogP contribution in [0.15, 0.2) is 91.3 Å². The summed E-state index contributed by atoms with van der Waals surface area (Å²) >= 11 is 0. The van der Waals surface area contributed by atoms with Crippen molar-refractivity contribution in [2.24, 2.45) is 0 Å². The fourth-order valence-electron chi connectivity index (χ4n) is 3.61. The number of hydrogen-bond acceptors (Lipinski definition) is 5. The molecule has 0 aliphatic heterocycles. The maximum atomic E-state index is 4.89. The predicted octanol–water partition coefficient (Wildman–Crippen LogP) is 4.62. The van der Waals surface area contributed by atoms with Gasteiger partial charge in [0.2, 0.25) is 0 Å². The summed E-state index contributed by atoms with van der Waals surface area (Å²) in [6.07, 6.45) is 3.66. The Balaban J connectivity index is 1.41. The van der Waals surface area contributed by atoms with Crippen molar-refractivity contribution in [3.8, 4) is 11.5 Å². The van der Waals surface area contributed by atoms with Crippen molar-refractivity contribution in [2.45, 2.75) is 19.6 Å². The van der Waals surface area contributed by atoms with E-state index in [0.717, 1.165) is 39.6 Å². The molecule has 6 nitrogen and oxygen atoms in total. The van der Waals surface area contributed by atoms with Crippen LogP contribution in [0.3, 0.4) is 0 Å². The Labute approximate surface area is 180 Å². The lowest BCUT2D eigenvalue weighted by Crippen LogP contribution is -2.24. The summed E-state index contributed by atoms with van der Waals surface area (Å²) in [5, 5.41) is 0. The average Bonchev–Trinajstić information content (AvgIpc) is 3.25. The van der Waals surface area contributed by atoms with E-state index >= 15 is 0 Å². The van der Waals surface area contributed by atoms with Gasteiger partial charge in [-0.2, -0.15) is 0 Å². The second kappa shape index (κ2) is 8.85. The van der Waals surface area contributed by atoms with Crippen LogP contribution in [0.5, 0.6) is 0 Å². The molecule has 5 aromatic rings. The maximum Gasteiger partial charge on any atom is 0.157 e. The molecular weight excluding hydrogens is 384 g/mol. The Morgan fingerprint density at radius 1 is 0.613 bits per heavy atom. The van der Waals surface area contributed by atoms with Gasteiger partial charge in [0.25, 0.3) is 0 Å². The maximum absolute atomic E-state index is 4.89. The molecule has 152 valence electrons. The van der Waals surface area contributed by atoms with Crippen LogP contribution in [0, 0.1) is 0 Å². The second-order valence-electron chi connectivity index (χ2n) is 7.40. The van der Waals surface area contributed by atoms with E-state index in [1.807, 2.05) is 85.2 Å². The van der Waals surface area contributed by atoms with Gasteiger partial charge in [0.15, 0.2) is 5.82 Å². The van der Waals surface area contributed by atoms with E-state index in [9.17, 15) is 0 Å². The molecule has 4 aromatic heterocycles. The third kappa shape index (κ3) is 4.65. The van der Waals surface area contributed by atoms with Gasteiger partial charge in [-0.3, -0.25) is 14.9 Å². The van der Waals surface area contributed by atoms with Crippen LogP contribution in [0.2, 0.25) is 0 Å². The first-order chi connectivity index (χ1) is 15.3. The number of nitrogens with zero attached hydrogens (tertiary/aromatic N) is 5. The molecule has 0 bridgehead atoms. The lowest BCUT2D eigenvalue weighted by atomic mass is 10.2. The van der Waals surface area contributed by atoms with E-state index in [1.165, 1.54) is 0 Å². The van der Waals surface area contributed by atoms with Gasteiger partial charge in [-0.15, -0.1) is 0 Å². The minimum atomic E-state index is 0.682. The van der Waals surface area contributed by atoms with Crippen molar-refractivity contribution in [1.29, 1.82) is 0 Å². The predicted molar refractivity (Wildman–Crippen MR) is 121 cm³/mol. The molecule has 0 saturated carbocycles. The molecule has 1 N–H and O–H groups in total. The first-order valence-corrected chi connectivity index (χ1v) is 10.3. The van der Waals surface area contributed by atoms with Crippen LogP contribution < -0.4 is 0 Å². The number of fused-ring (bicyclic) bond motifs is 1. The third-order valence-electron chi connectivity index (χ3n) is 5.05. The lowest BCUT2D eigenvalue weighted by Gasteiger charge is -2.21. The molecule has 0 fully saturated rings. The summed E-state index contributed by atoms with van der Waals surface area (Å²) < 4.78 is 0. The summed E-state index contributed by atoms with van der Waals surface area (Å²) in [7, 11) is 0. The first kappa shape index (κ1) is 19.1. The zero-order valence-corrected chi connectivity index (χ0v) is 17.0. The zero-order valence-electron chi connectivity index (χ0n) is 17.0. The summed E-state index contributed by atoms with van der Waals surface area (Å²) in [6, 6.07) is 26.1. The molecule has 5 rings (SSSR count). The summed E-state index contributed by atoms with van der Waals surface area (Å²) in [4.78, 5) is 24.2. The molecule has 1 aromatic carbocycles. The molecule has 0 spiro atoms. The van der Waals surface area contributed by atoms with Crippen LogP contribution in [-0.2, 0) is 19.6 Å². The largest absolute Gasteiger partial charge is 0.337 e. The normalized spacial score (nSPS) is 11.3. The smallest absolute Gasteiger partial charge is 0.157 e. The fourth-order valence-corrected chi connectivity index (χ4v) is 3.61. The van der Waals surface area contributed by atoms with Crippen molar-refractivity contribution in [3.63, 3.8) is 0 Å². The van der Waals surface area contributed by atoms with E-state index in [0.29, 0.717) is 19.6 Å². The number of aromatic amines is 1. The Bertz CT molecular complexity index is 1190. The number of imidazole rings is 1. The number of hydrogen-bond donors (Lipinski definition) is 1. The van der Waals surface area contributed by atoms with Gasteiger partial charge in [-0.05, 0) is 48.5 Å². The van der Waals surface area contributed by atoms with E-state index in [2.05, 4.69) is 30.9 Å². The van der Waals surface area contributed by atoms with Crippen LogP contribution in [-0.4, -0.2) is 29.8 Å². The number of aromatic nitrogens is 5. The minimum Gasteiger partial charge on any atom is -0.337 e. The fraction of sp³-hybridized carbons (Fsp3) is 0.120. The Morgan fingerprint density at radius 2 is 1.26 bits per heavy atom. The lowest BCUT2D eigenvalue weighted by molar-refractivity contribution is 0.239. The van der Waals surface area contributed by atoms with E-state index in [1.54, 1.807) is 0 Å². The Kier molecular flexibility index (Phi) is 5.45. The van der Waals surface area contributed by atoms with Gasteiger partial charge in [0.05, 0.1) is 28.1 Å². The highest BCUT2D eigenvalue weighted by atomic mass is 15.1. The number of nitrogens with one attached hydrogen (secondary N) is 1. The van der Waals surface area contributed by atoms with Crippen LogP contribution >= 0.6 is 0 Å². The molecule has 0 aliphatic rings. The van der Waals surface area contributed by atoms with Gasteiger partial charge in [-0.1, -0.05) is 30.3 Å². The molecule has 0 atom stereocenters. The molecule has 4 heterocycles. The standard InChI is InChI=1S/C25H22N6/c1-2-12-23-22(11-1)29-25(30-23)24-13-7-10-21(28-24)18-31(16-19-8-3-5-14-26-19)17-20-9-4-6-15-27-20/h1-15H,16-18H2,(H,29,30). The molecule has 0 saturated heterocycles. The highest BCUT2D eigenvalue weighted by Gasteiger charge is 2.12. The monoisotopic (exact) mass is 406 g/mol. The average molecular weight is 406 g/mol. The molecular formula is C25H22N6. The minimum absolute atomic E-state index is 0.682. The second-order valence-corrected chi connectivity index (χ2v) is 7.40. The Morgan fingerprint density at radius 3 is 1.94 bits per heavy atom. The van der Waals surface area contributed by atoms with Crippen LogP contribution in [0.4, 0.5) is 0 Å². The van der Waals surface area contributed by atoms with Crippen molar-refractivity contribution in [1.82, 2.24) is 29.8 Å². The van der Waals surface area contributed by atoms with Gasteiger partial charge < -0.3 is 4.98 Å². The molecule has 31 heavy (non-hydrogen) atoms. The van der Waals surface area contributed by atoms with E-state index in [4.69, 9.17) is 4.98 Å². The molecule has 0 amide bonds. The number of benzene rings is 1. The zero-order chi connectivity index (χ0) is 20.9. The van der Waals surface area contributed by atoms with E-state index < -0.39 is 0 Å². The molecule has 0 radical (unpaired) electrons. The van der Waals surface area contributed by atoms with Gasteiger partial charge in [0.1, 0.15) is 5.69 Å². The summed E-state index contributed by atoms with van der Waals surface area (Å²) in [6.45, 7) is 2.11. The van der Waals surface area contributed by atoms with Crippen molar-refractivity contribution < 1.29 is 0 Å². The number of pyridine rings is 3. The van der Waals surface area contributed by atoms with Crippen molar-refractivity contribution in [3.05, 3.63) is 108 Å². The topological polar surface area (TPSA) is 70.6 Å². The van der Waals surface area contributed by atoms with Crippen molar-refractivity contribution >= 4 is 11.0 Å². The SMILES string of the molecule is c1ccc(CN(Cc2ccccn2)Cc2cccc(-c3nc4ccccc4[nH]3)n2)nc1. The molecule has 6 heteroatoms. The first-order valence-electron chi connectivity index (χ1n) is 10.3. The number of rotatable bonds is 7. The van der Waals surface area contributed by atoms with Gasteiger partial charge in [-0.25, -0.2) is 9.97 Å². The number of para-hydroxylation sites is 2. The quantitative estimate of drug-likeness (QED) is 0.427. The third-order valence-corrected chi connectivity index (χ3v) is 5.05. The van der Waals surface area contributed by atoms with E-state index in [-0.39, 0.29) is 0 Å². The van der Waals surface area contributed by atoms with Gasteiger partial charge >= 0.3 is 0 Å². The van der Waals surface area contributed by atoms with Crippen LogP contribution in [0.1, 0.15) is 17.1 Å². The highest BCUT2D eigenvalue weighted by Crippen LogP contribution is 2.20. The summed E-state index contributed by atoms with van der Waals surface area (Å²) in [5.41, 5.74) is 5.81. The molecule has 0 unspecified atom stereocenters.